The van der Waals surface area contributed by atoms with Crippen LogP contribution in [0.2, 0.25) is 0 Å². The largest absolute Gasteiger partial charge is 0.411 e. The van der Waals surface area contributed by atoms with Gasteiger partial charge in [-0.2, -0.15) is 13.2 Å². The number of alkyl halides is 4. The molecule has 1 rings (SSSR count). The molecule has 5 heteroatoms. The molecule has 90 valence electrons. The maximum absolute atomic E-state index is 11.7. The lowest BCUT2D eigenvalue weighted by Gasteiger charge is -2.17. The van der Waals surface area contributed by atoms with Crippen molar-refractivity contribution in [3.05, 3.63) is 0 Å². The van der Waals surface area contributed by atoms with Crippen LogP contribution in [-0.4, -0.2) is 24.2 Å². The fraction of sp³-hybridized carbons (Fsp3) is 1.00. The first-order valence-corrected chi connectivity index (χ1v) is 6.06. The van der Waals surface area contributed by atoms with E-state index in [1.165, 1.54) is 12.8 Å². The Morgan fingerprint density at radius 1 is 1.40 bits per heavy atom. The first kappa shape index (κ1) is 13.3. The summed E-state index contributed by atoms with van der Waals surface area (Å²) in [5, 5.41) is 0. The monoisotopic (exact) mass is 288 g/mol. The van der Waals surface area contributed by atoms with Gasteiger partial charge in [-0.3, -0.25) is 0 Å². The topological polar surface area (TPSA) is 9.23 Å². The minimum absolute atomic E-state index is 0.209. The summed E-state index contributed by atoms with van der Waals surface area (Å²) >= 11 is 3.54. The molecule has 0 radical (unpaired) electrons. The molecule has 0 aliphatic heterocycles. The third-order valence-electron chi connectivity index (χ3n) is 2.97. The molecule has 1 aliphatic rings. The second-order valence-electron chi connectivity index (χ2n) is 4.25. The Bertz CT molecular complexity index is 199. The van der Waals surface area contributed by atoms with Crippen LogP contribution in [0.1, 0.15) is 32.6 Å². The van der Waals surface area contributed by atoms with Crippen LogP contribution >= 0.6 is 15.9 Å². The Labute approximate surface area is 96.5 Å². The van der Waals surface area contributed by atoms with E-state index in [9.17, 15) is 13.2 Å². The van der Waals surface area contributed by atoms with E-state index in [1.54, 1.807) is 0 Å². The van der Waals surface area contributed by atoms with Crippen LogP contribution < -0.4 is 0 Å². The molecule has 0 aromatic carbocycles. The van der Waals surface area contributed by atoms with E-state index < -0.39 is 12.8 Å². The molecule has 1 saturated carbocycles. The van der Waals surface area contributed by atoms with Crippen molar-refractivity contribution in [3.63, 3.8) is 0 Å². The van der Waals surface area contributed by atoms with Gasteiger partial charge in [0, 0.05) is 11.4 Å². The summed E-state index contributed by atoms with van der Waals surface area (Å²) in [4.78, 5) is 0.451. The highest BCUT2D eigenvalue weighted by Gasteiger charge is 2.45. The van der Waals surface area contributed by atoms with Crippen LogP contribution in [0, 0.1) is 5.41 Å². The van der Waals surface area contributed by atoms with Crippen LogP contribution in [-0.2, 0) is 4.74 Å². The van der Waals surface area contributed by atoms with E-state index >= 15 is 0 Å². The van der Waals surface area contributed by atoms with Crippen molar-refractivity contribution >= 4 is 15.9 Å². The standard InChI is InChI=1S/C10H16BrF3O/c1-8(11)9(4-5-9)3-2-6-15-7-10(12,13)14/h8H,2-7H2,1H3. The van der Waals surface area contributed by atoms with E-state index in [-0.39, 0.29) is 6.61 Å². The van der Waals surface area contributed by atoms with Crippen molar-refractivity contribution in [1.82, 2.24) is 0 Å². The van der Waals surface area contributed by atoms with Gasteiger partial charge in [0.05, 0.1) is 0 Å². The highest BCUT2D eigenvalue weighted by atomic mass is 79.9. The molecule has 1 nitrogen and oxygen atoms in total. The number of halogens is 4. The number of hydrogen-bond acceptors (Lipinski definition) is 1. The SMILES string of the molecule is CC(Br)C1(CCCOCC(F)(F)F)CC1. The van der Waals surface area contributed by atoms with Crippen molar-refractivity contribution in [1.29, 1.82) is 0 Å². The minimum atomic E-state index is -4.19. The summed E-state index contributed by atoms with van der Waals surface area (Å²) in [5.41, 5.74) is 0.335. The molecule has 0 amide bonds. The normalized spacial score (nSPS) is 21.4. The minimum Gasteiger partial charge on any atom is -0.372 e. The molecular weight excluding hydrogens is 273 g/mol. The second kappa shape index (κ2) is 5.04. The number of rotatable bonds is 6. The smallest absolute Gasteiger partial charge is 0.372 e. The van der Waals surface area contributed by atoms with Crippen LogP contribution in [0.25, 0.3) is 0 Å². The molecule has 0 aromatic heterocycles. The van der Waals surface area contributed by atoms with Crippen LogP contribution in [0.3, 0.4) is 0 Å². The molecule has 0 spiro atoms. The summed E-state index contributed by atoms with van der Waals surface area (Å²) in [6.07, 6.45) is -0.166. The van der Waals surface area contributed by atoms with Gasteiger partial charge in [0.25, 0.3) is 0 Å². The zero-order valence-corrected chi connectivity index (χ0v) is 10.3. The summed E-state index contributed by atoms with van der Waals surface area (Å²) < 4.78 is 39.7. The molecule has 0 bridgehead atoms. The van der Waals surface area contributed by atoms with Gasteiger partial charge < -0.3 is 4.74 Å². The molecule has 1 atom stereocenters. The van der Waals surface area contributed by atoms with Gasteiger partial charge in [0.1, 0.15) is 6.61 Å². The molecule has 0 saturated heterocycles. The maximum Gasteiger partial charge on any atom is 0.411 e. The molecule has 1 aliphatic carbocycles. The van der Waals surface area contributed by atoms with Crippen molar-refractivity contribution in [3.8, 4) is 0 Å². The molecule has 1 fully saturated rings. The molecule has 0 heterocycles. The first-order valence-electron chi connectivity index (χ1n) is 5.14. The van der Waals surface area contributed by atoms with Crippen molar-refractivity contribution in [2.75, 3.05) is 13.2 Å². The van der Waals surface area contributed by atoms with Crippen molar-refractivity contribution < 1.29 is 17.9 Å². The lowest BCUT2D eigenvalue weighted by molar-refractivity contribution is -0.174. The number of ether oxygens (including phenoxy) is 1. The Hall–Kier alpha value is 0.230. The first-order chi connectivity index (χ1) is 6.86. The quantitative estimate of drug-likeness (QED) is 0.532. The Morgan fingerprint density at radius 2 is 2.00 bits per heavy atom. The zero-order valence-electron chi connectivity index (χ0n) is 8.74. The summed E-state index contributed by atoms with van der Waals surface area (Å²) in [7, 11) is 0. The van der Waals surface area contributed by atoms with Gasteiger partial charge in [-0.15, -0.1) is 0 Å². The van der Waals surface area contributed by atoms with Gasteiger partial charge in [-0.05, 0) is 31.1 Å². The highest BCUT2D eigenvalue weighted by molar-refractivity contribution is 9.09. The fourth-order valence-corrected chi connectivity index (χ4v) is 2.41. The molecule has 1 unspecified atom stereocenters. The van der Waals surface area contributed by atoms with Crippen LogP contribution in [0.4, 0.5) is 13.2 Å². The van der Waals surface area contributed by atoms with E-state index in [0.29, 0.717) is 16.7 Å². The highest BCUT2D eigenvalue weighted by Crippen LogP contribution is 2.54. The third kappa shape index (κ3) is 4.72. The Balaban J connectivity index is 2.03. The lowest BCUT2D eigenvalue weighted by Crippen LogP contribution is -2.18. The molecular formula is C10H16BrF3O. The summed E-state index contributed by atoms with van der Waals surface area (Å²) in [6, 6.07) is 0. The van der Waals surface area contributed by atoms with Gasteiger partial charge in [0.2, 0.25) is 0 Å². The average Bonchev–Trinajstić information content (AvgIpc) is 2.82. The van der Waals surface area contributed by atoms with Gasteiger partial charge in [-0.25, -0.2) is 0 Å². The summed E-state index contributed by atoms with van der Waals surface area (Å²) in [6.45, 7) is 1.19. The summed E-state index contributed by atoms with van der Waals surface area (Å²) in [5.74, 6) is 0. The van der Waals surface area contributed by atoms with Gasteiger partial charge >= 0.3 is 6.18 Å². The molecule has 0 aromatic rings. The van der Waals surface area contributed by atoms with Gasteiger partial charge in [-0.1, -0.05) is 22.9 Å². The third-order valence-corrected chi connectivity index (χ3v) is 3.94. The van der Waals surface area contributed by atoms with E-state index in [2.05, 4.69) is 27.6 Å². The predicted octanol–water partition coefficient (Wildman–Crippen LogP) is 3.91. The van der Waals surface area contributed by atoms with Crippen molar-refractivity contribution in [2.45, 2.75) is 43.6 Å². The van der Waals surface area contributed by atoms with E-state index in [4.69, 9.17) is 0 Å². The average molecular weight is 289 g/mol. The zero-order chi connectivity index (χ0) is 11.5. The Kier molecular flexibility index (Phi) is 4.47. The molecule has 15 heavy (non-hydrogen) atoms. The van der Waals surface area contributed by atoms with Crippen molar-refractivity contribution in [2.24, 2.45) is 5.41 Å². The maximum atomic E-state index is 11.7. The fourth-order valence-electron chi connectivity index (χ4n) is 1.72. The van der Waals surface area contributed by atoms with E-state index in [0.717, 1.165) is 6.42 Å². The number of hydrogen-bond donors (Lipinski definition) is 0. The lowest BCUT2D eigenvalue weighted by atomic mass is 9.97. The Morgan fingerprint density at radius 3 is 2.40 bits per heavy atom. The van der Waals surface area contributed by atoms with Crippen LogP contribution in [0.15, 0.2) is 0 Å². The van der Waals surface area contributed by atoms with Gasteiger partial charge in [0.15, 0.2) is 0 Å². The second-order valence-corrected chi connectivity index (χ2v) is 5.62. The predicted molar refractivity (Wildman–Crippen MR) is 56.2 cm³/mol. The van der Waals surface area contributed by atoms with E-state index in [1.807, 2.05) is 0 Å². The van der Waals surface area contributed by atoms with Crippen LogP contribution in [0.5, 0.6) is 0 Å². The molecule has 0 N–H and O–H groups in total.